The van der Waals surface area contributed by atoms with Gasteiger partial charge in [-0.25, -0.2) is 4.99 Å². The highest BCUT2D eigenvalue weighted by Crippen LogP contribution is 2.37. The summed E-state index contributed by atoms with van der Waals surface area (Å²) in [5, 5.41) is 6.84. The molecular formula is C12H16IN5O2. The van der Waals surface area contributed by atoms with Crippen molar-refractivity contribution in [2.45, 2.75) is 31.8 Å². The molecule has 2 aromatic rings. The summed E-state index contributed by atoms with van der Waals surface area (Å²) in [5.74, 6) is 2.89. The van der Waals surface area contributed by atoms with Crippen molar-refractivity contribution in [3.63, 3.8) is 0 Å². The summed E-state index contributed by atoms with van der Waals surface area (Å²) in [5.41, 5.74) is 5.72. The maximum absolute atomic E-state index is 5.72. The molecule has 1 saturated carbocycles. The van der Waals surface area contributed by atoms with E-state index in [0.717, 1.165) is 24.4 Å². The average Bonchev–Trinajstić information content (AvgIpc) is 2.95. The molecule has 20 heavy (non-hydrogen) atoms. The summed E-state index contributed by atoms with van der Waals surface area (Å²) in [6.07, 6.45) is 3.91. The van der Waals surface area contributed by atoms with Crippen molar-refractivity contribution in [2.75, 3.05) is 0 Å². The van der Waals surface area contributed by atoms with Gasteiger partial charge in [0.25, 0.3) is 0 Å². The van der Waals surface area contributed by atoms with Crippen LogP contribution >= 0.6 is 24.0 Å². The van der Waals surface area contributed by atoms with Crippen LogP contribution in [-0.4, -0.2) is 16.1 Å². The topological polar surface area (TPSA) is 102 Å². The van der Waals surface area contributed by atoms with E-state index in [-0.39, 0.29) is 24.0 Å². The van der Waals surface area contributed by atoms with Gasteiger partial charge < -0.3 is 20.0 Å². The van der Waals surface area contributed by atoms with Crippen LogP contribution in [0.1, 0.15) is 36.2 Å². The van der Waals surface area contributed by atoms with Gasteiger partial charge in [0.1, 0.15) is 12.3 Å². The summed E-state index contributed by atoms with van der Waals surface area (Å²) in [7, 11) is 0. The maximum Gasteiger partial charge on any atom is 0.246 e. The Balaban J connectivity index is 0.00000147. The Morgan fingerprint density at radius 3 is 3.05 bits per heavy atom. The van der Waals surface area contributed by atoms with Crippen LogP contribution in [0, 0.1) is 0 Å². The van der Waals surface area contributed by atoms with Gasteiger partial charge in [-0.05, 0) is 25.0 Å². The van der Waals surface area contributed by atoms with Gasteiger partial charge in [0.15, 0.2) is 11.8 Å². The molecule has 0 aromatic carbocycles. The van der Waals surface area contributed by atoms with E-state index in [1.807, 2.05) is 12.1 Å². The number of hydrogen-bond donors (Lipinski definition) is 2. The molecule has 0 aliphatic heterocycles. The Hall–Kier alpha value is -1.58. The quantitative estimate of drug-likeness (QED) is 0.459. The van der Waals surface area contributed by atoms with E-state index in [9.17, 15) is 0 Å². The molecular weight excluding hydrogens is 373 g/mol. The molecule has 0 amide bonds. The summed E-state index contributed by atoms with van der Waals surface area (Å²) in [6.45, 7) is 0.788. The second-order valence-electron chi connectivity index (χ2n) is 4.45. The molecule has 0 spiro atoms. The Morgan fingerprint density at radius 1 is 1.50 bits per heavy atom. The lowest BCUT2D eigenvalue weighted by Crippen LogP contribution is -2.31. The van der Waals surface area contributed by atoms with E-state index in [2.05, 4.69) is 20.4 Å². The standard InChI is InChI=1S/C12H15N5O2.HI/c13-12(14-6-9-2-1-5-18-9)15-7-10-16-11(17-19-10)8-3-4-8;/h1-2,5,8H,3-4,6-7H2,(H3,13,14,15);1H. The number of nitrogens with zero attached hydrogens (tertiary/aromatic N) is 3. The van der Waals surface area contributed by atoms with Gasteiger partial charge in [-0.3, -0.25) is 0 Å². The third kappa shape index (κ3) is 3.95. The zero-order chi connectivity index (χ0) is 13.1. The Kier molecular flexibility index (Phi) is 4.99. The highest BCUT2D eigenvalue weighted by Gasteiger charge is 2.28. The van der Waals surface area contributed by atoms with Crippen LogP contribution in [0.3, 0.4) is 0 Å². The van der Waals surface area contributed by atoms with Crippen LogP contribution in [0.25, 0.3) is 0 Å². The Labute approximate surface area is 133 Å². The molecule has 108 valence electrons. The number of hydrogen-bond acceptors (Lipinski definition) is 5. The first-order valence-electron chi connectivity index (χ1n) is 6.20. The third-order valence-corrected chi connectivity index (χ3v) is 2.83. The molecule has 1 aliphatic rings. The van der Waals surface area contributed by atoms with Crippen LogP contribution in [0.4, 0.5) is 0 Å². The smallest absolute Gasteiger partial charge is 0.246 e. The van der Waals surface area contributed by atoms with Crippen molar-refractivity contribution < 1.29 is 8.94 Å². The van der Waals surface area contributed by atoms with Gasteiger partial charge in [0.05, 0.1) is 12.8 Å². The molecule has 0 saturated heterocycles. The maximum atomic E-state index is 5.72. The van der Waals surface area contributed by atoms with Crippen molar-refractivity contribution in [1.29, 1.82) is 0 Å². The van der Waals surface area contributed by atoms with Crippen molar-refractivity contribution in [3.05, 3.63) is 35.9 Å². The zero-order valence-electron chi connectivity index (χ0n) is 10.8. The lowest BCUT2D eigenvalue weighted by Gasteiger charge is -2.01. The van der Waals surface area contributed by atoms with E-state index in [1.54, 1.807) is 6.26 Å². The SMILES string of the molecule is I.NC(=NCc1ccco1)NCc1nc(C2CC2)no1. The number of halogens is 1. The number of rotatable bonds is 5. The van der Waals surface area contributed by atoms with Crippen molar-refractivity contribution >= 4 is 29.9 Å². The van der Waals surface area contributed by atoms with Crippen LogP contribution in [0.5, 0.6) is 0 Å². The second-order valence-corrected chi connectivity index (χ2v) is 4.45. The second kappa shape index (κ2) is 6.73. The van der Waals surface area contributed by atoms with Gasteiger partial charge in [-0.15, -0.1) is 24.0 Å². The van der Waals surface area contributed by atoms with Crippen molar-refractivity contribution in [1.82, 2.24) is 15.5 Å². The number of nitrogens with two attached hydrogens (primary N) is 1. The van der Waals surface area contributed by atoms with E-state index in [1.165, 1.54) is 0 Å². The largest absolute Gasteiger partial charge is 0.467 e. The van der Waals surface area contributed by atoms with Crippen LogP contribution in [0.15, 0.2) is 32.3 Å². The number of guanidine groups is 1. The lowest BCUT2D eigenvalue weighted by molar-refractivity contribution is 0.370. The van der Waals surface area contributed by atoms with Crippen molar-refractivity contribution in [2.24, 2.45) is 10.7 Å². The predicted molar refractivity (Wildman–Crippen MR) is 82.6 cm³/mol. The molecule has 7 nitrogen and oxygen atoms in total. The first-order valence-corrected chi connectivity index (χ1v) is 6.20. The monoisotopic (exact) mass is 389 g/mol. The molecule has 2 aromatic heterocycles. The van der Waals surface area contributed by atoms with Crippen LogP contribution in [0.2, 0.25) is 0 Å². The first kappa shape index (κ1) is 14.8. The third-order valence-electron chi connectivity index (χ3n) is 2.83. The van der Waals surface area contributed by atoms with E-state index in [4.69, 9.17) is 14.7 Å². The summed E-state index contributed by atoms with van der Waals surface area (Å²) < 4.78 is 10.3. The normalized spacial score (nSPS) is 14.9. The molecule has 3 rings (SSSR count). The average molecular weight is 389 g/mol. The van der Waals surface area contributed by atoms with Gasteiger partial charge in [0.2, 0.25) is 5.89 Å². The van der Waals surface area contributed by atoms with E-state index >= 15 is 0 Å². The summed E-state index contributed by atoms with van der Waals surface area (Å²) in [6, 6.07) is 3.66. The molecule has 0 bridgehead atoms. The van der Waals surface area contributed by atoms with Gasteiger partial charge >= 0.3 is 0 Å². The molecule has 0 unspecified atom stereocenters. The van der Waals surface area contributed by atoms with Crippen LogP contribution < -0.4 is 11.1 Å². The molecule has 0 radical (unpaired) electrons. The highest BCUT2D eigenvalue weighted by atomic mass is 127. The van der Waals surface area contributed by atoms with E-state index in [0.29, 0.717) is 30.9 Å². The number of aromatic nitrogens is 2. The first-order chi connectivity index (χ1) is 9.31. The van der Waals surface area contributed by atoms with Crippen LogP contribution in [-0.2, 0) is 13.1 Å². The minimum atomic E-state index is 0. The summed E-state index contributed by atoms with van der Waals surface area (Å²) in [4.78, 5) is 8.42. The fourth-order valence-corrected chi connectivity index (χ4v) is 1.63. The van der Waals surface area contributed by atoms with Gasteiger partial charge in [-0.1, -0.05) is 5.16 Å². The number of aliphatic imine (C=N–C) groups is 1. The highest BCUT2D eigenvalue weighted by molar-refractivity contribution is 14.0. The van der Waals surface area contributed by atoms with Gasteiger partial charge in [0, 0.05) is 5.92 Å². The molecule has 2 heterocycles. The molecule has 0 atom stereocenters. The number of nitrogens with one attached hydrogen (secondary N) is 1. The molecule has 8 heteroatoms. The summed E-state index contributed by atoms with van der Waals surface area (Å²) >= 11 is 0. The van der Waals surface area contributed by atoms with Gasteiger partial charge in [-0.2, -0.15) is 4.98 Å². The fraction of sp³-hybridized carbons (Fsp3) is 0.417. The Bertz CT molecular complexity index is 562. The number of furan rings is 1. The molecule has 1 aliphatic carbocycles. The lowest BCUT2D eigenvalue weighted by atomic mass is 10.4. The predicted octanol–water partition coefficient (Wildman–Crippen LogP) is 1.76. The Morgan fingerprint density at radius 2 is 2.35 bits per heavy atom. The van der Waals surface area contributed by atoms with Crippen molar-refractivity contribution in [3.8, 4) is 0 Å². The minimum absolute atomic E-state index is 0. The molecule has 1 fully saturated rings. The van der Waals surface area contributed by atoms with E-state index < -0.39 is 0 Å². The molecule has 3 N–H and O–H groups in total. The fourth-order valence-electron chi connectivity index (χ4n) is 1.63. The minimum Gasteiger partial charge on any atom is -0.467 e. The zero-order valence-corrected chi connectivity index (χ0v) is 13.1.